The van der Waals surface area contributed by atoms with Crippen LogP contribution in [0.4, 0.5) is 0 Å². The highest BCUT2D eigenvalue weighted by molar-refractivity contribution is 5.95. The molecule has 1 aliphatic carbocycles. The van der Waals surface area contributed by atoms with Crippen molar-refractivity contribution in [2.24, 2.45) is 5.92 Å². The maximum Gasteiger partial charge on any atom is 0.254 e. The Bertz CT molecular complexity index is 410. The second-order valence-electron chi connectivity index (χ2n) is 5.13. The number of nitrogens with zero attached hydrogens (tertiary/aromatic N) is 1. The quantitative estimate of drug-likeness (QED) is 0.868. The van der Waals surface area contributed by atoms with Gasteiger partial charge in [-0.25, -0.2) is 0 Å². The van der Waals surface area contributed by atoms with Crippen LogP contribution in [0.1, 0.15) is 37.0 Å². The van der Waals surface area contributed by atoms with Gasteiger partial charge in [-0.15, -0.1) is 0 Å². The molecule has 0 atom stereocenters. The van der Waals surface area contributed by atoms with Crippen LogP contribution >= 0.6 is 0 Å². The molecule has 1 fully saturated rings. The lowest BCUT2D eigenvalue weighted by Gasteiger charge is -2.24. The predicted octanol–water partition coefficient (Wildman–Crippen LogP) is 2.65. The smallest absolute Gasteiger partial charge is 0.254 e. The van der Waals surface area contributed by atoms with Crippen LogP contribution in [0.3, 0.4) is 0 Å². The Morgan fingerprint density at radius 2 is 2.18 bits per heavy atom. The van der Waals surface area contributed by atoms with Crippen molar-refractivity contribution >= 4 is 5.91 Å². The summed E-state index contributed by atoms with van der Waals surface area (Å²) in [6, 6.07) is 7.01. The van der Waals surface area contributed by atoms with E-state index in [0.29, 0.717) is 17.5 Å². The Morgan fingerprint density at radius 3 is 2.71 bits per heavy atom. The zero-order valence-corrected chi connectivity index (χ0v) is 10.4. The molecule has 0 aromatic heterocycles. The fraction of sp³-hybridized carbons (Fsp3) is 0.500. The van der Waals surface area contributed by atoms with E-state index >= 15 is 0 Å². The number of hydrogen-bond donors (Lipinski definition) is 1. The van der Waals surface area contributed by atoms with E-state index in [1.165, 1.54) is 6.07 Å². The van der Waals surface area contributed by atoms with Gasteiger partial charge in [0.2, 0.25) is 0 Å². The molecule has 3 heteroatoms. The molecule has 0 radical (unpaired) electrons. The zero-order valence-electron chi connectivity index (χ0n) is 10.4. The molecule has 0 saturated heterocycles. The van der Waals surface area contributed by atoms with Crippen molar-refractivity contribution in [2.75, 3.05) is 6.54 Å². The molecule has 0 spiro atoms. The molecular weight excluding hydrogens is 214 g/mol. The lowest BCUT2D eigenvalue weighted by Crippen LogP contribution is -2.36. The van der Waals surface area contributed by atoms with Crippen LogP contribution < -0.4 is 0 Å². The van der Waals surface area contributed by atoms with Gasteiger partial charge in [0, 0.05) is 18.2 Å². The summed E-state index contributed by atoms with van der Waals surface area (Å²) in [7, 11) is 0. The minimum Gasteiger partial charge on any atom is -0.508 e. The zero-order chi connectivity index (χ0) is 12.4. The van der Waals surface area contributed by atoms with Gasteiger partial charge < -0.3 is 10.0 Å². The van der Waals surface area contributed by atoms with Gasteiger partial charge in [0.05, 0.1) is 0 Å². The maximum absolute atomic E-state index is 12.3. The molecule has 1 N–H and O–H groups in total. The Morgan fingerprint density at radius 1 is 1.47 bits per heavy atom. The monoisotopic (exact) mass is 233 g/mol. The van der Waals surface area contributed by atoms with E-state index in [0.717, 1.165) is 19.4 Å². The largest absolute Gasteiger partial charge is 0.508 e. The van der Waals surface area contributed by atoms with Crippen LogP contribution in [0, 0.1) is 5.92 Å². The summed E-state index contributed by atoms with van der Waals surface area (Å²) < 4.78 is 0. The first kappa shape index (κ1) is 12.0. The standard InChI is InChI=1S/C14H19NO2/c1-10(2)9-15(12-6-7-12)14(17)11-4-3-5-13(16)8-11/h3-5,8,10,12,16H,6-7,9H2,1-2H3. The molecule has 1 aromatic rings. The number of amides is 1. The molecule has 3 nitrogen and oxygen atoms in total. The molecule has 17 heavy (non-hydrogen) atoms. The Hall–Kier alpha value is -1.51. The van der Waals surface area contributed by atoms with E-state index in [2.05, 4.69) is 13.8 Å². The van der Waals surface area contributed by atoms with Crippen molar-refractivity contribution in [2.45, 2.75) is 32.7 Å². The highest BCUT2D eigenvalue weighted by Crippen LogP contribution is 2.29. The number of carbonyl (C=O) groups is 1. The van der Waals surface area contributed by atoms with E-state index < -0.39 is 0 Å². The van der Waals surface area contributed by atoms with E-state index in [-0.39, 0.29) is 11.7 Å². The van der Waals surface area contributed by atoms with Crippen molar-refractivity contribution in [3.63, 3.8) is 0 Å². The Balaban J connectivity index is 2.15. The molecular formula is C14H19NO2. The lowest BCUT2D eigenvalue weighted by molar-refractivity contribution is 0.0722. The van der Waals surface area contributed by atoms with Crippen molar-refractivity contribution in [3.05, 3.63) is 29.8 Å². The number of carbonyl (C=O) groups excluding carboxylic acids is 1. The van der Waals surface area contributed by atoms with Crippen molar-refractivity contribution in [1.82, 2.24) is 4.90 Å². The minimum absolute atomic E-state index is 0.0390. The second kappa shape index (κ2) is 4.78. The highest BCUT2D eigenvalue weighted by atomic mass is 16.3. The summed E-state index contributed by atoms with van der Waals surface area (Å²) in [4.78, 5) is 14.3. The first-order valence-corrected chi connectivity index (χ1v) is 6.18. The summed E-state index contributed by atoms with van der Waals surface area (Å²) in [6.45, 7) is 5.02. The second-order valence-corrected chi connectivity index (χ2v) is 5.13. The van der Waals surface area contributed by atoms with E-state index in [1.807, 2.05) is 4.90 Å². The average molecular weight is 233 g/mol. The molecule has 0 aliphatic heterocycles. The van der Waals surface area contributed by atoms with Gasteiger partial charge in [-0.1, -0.05) is 19.9 Å². The van der Waals surface area contributed by atoms with Crippen LogP contribution in [0.25, 0.3) is 0 Å². The average Bonchev–Trinajstić information content (AvgIpc) is 3.08. The molecule has 2 rings (SSSR count). The van der Waals surface area contributed by atoms with Gasteiger partial charge >= 0.3 is 0 Å². The normalized spacial score (nSPS) is 15.0. The van der Waals surface area contributed by atoms with Crippen LogP contribution in [-0.4, -0.2) is 28.5 Å². The van der Waals surface area contributed by atoms with Crippen LogP contribution in [0.5, 0.6) is 5.75 Å². The molecule has 1 amide bonds. The van der Waals surface area contributed by atoms with Gasteiger partial charge in [-0.05, 0) is 37.0 Å². The topological polar surface area (TPSA) is 40.5 Å². The number of phenolic OH excluding ortho intramolecular Hbond substituents is 1. The van der Waals surface area contributed by atoms with Gasteiger partial charge in [0.25, 0.3) is 5.91 Å². The third kappa shape index (κ3) is 2.99. The Kier molecular flexibility index (Phi) is 3.36. The summed E-state index contributed by atoms with van der Waals surface area (Å²) in [5, 5.41) is 9.41. The van der Waals surface area contributed by atoms with Crippen LogP contribution in [0.2, 0.25) is 0 Å². The molecule has 1 saturated carbocycles. The number of rotatable bonds is 4. The first-order chi connectivity index (χ1) is 8.08. The fourth-order valence-electron chi connectivity index (χ4n) is 1.98. The predicted molar refractivity (Wildman–Crippen MR) is 67.0 cm³/mol. The third-order valence-corrected chi connectivity index (χ3v) is 2.90. The number of phenols is 1. The molecule has 1 aliphatic rings. The SMILES string of the molecule is CC(C)CN(C(=O)c1cccc(O)c1)C1CC1. The molecule has 92 valence electrons. The van der Waals surface area contributed by atoms with Crippen molar-refractivity contribution < 1.29 is 9.90 Å². The van der Waals surface area contributed by atoms with Crippen molar-refractivity contribution in [1.29, 1.82) is 0 Å². The number of hydrogen-bond acceptors (Lipinski definition) is 2. The molecule has 0 heterocycles. The lowest BCUT2D eigenvalue weighted by atomic mass is 10.1. The molecule has 0 unspecified atom stereocenters. The summed E-state index contributed by atoms with van der Waals surface area (Å²) >= 11 is 0. The summed E-state index contributed by atoms with van der Waals surface area (Å²) in [5.74, 6) is 0.658. The number of benzene rings is 1. The third-order valence-electron chi connectivity index (χ3n) is 2.90. The van der Waals surface area contributed by atoms with Gasteiger partial charge in [0.15, 0.2) is 0 Å². The van der Waals surface area contributed by atoms with E-state index in [9.17, 15) is 9.90 Å². The van der Waals surface area contributed by atoms with Crippen molar-refractivity contribution in [3.8, 4) is 5.75 Å². The number of aromatic hydroxyl groups is 1. The van der Waals surface area contributed by atoms with Gasteiger partial charge in [-0.2, -0.15) is 0 Å². The summed E-state index contributed by atoms with van der Waals surface area (Å²) in [5.41, 5.74) is 0.581. The fourth-order valence-corrected chi connectivity index (χ4v) is 1.98. The highest BCUT2D eigenvalue weighted by Gasteiger charge is 2.33. The van der Waals surface area contributed by atoms with Gasteiger partial charge in [0.1, 0.15) is 5.75 Å². The maximum atomic E-state index is 12.3. The van der Waals surface area contributed by atoms with Crippen LogP contribution in [0.15, 0.2) is 24.3 Å². The molecule has 0 bridgehead atoms. The van der Waals surface area contributed by atoms with E-state index in [4.69, 9.17) is 0 Å². The minimum atomic E-state index is 0.0390. The first-order valence-electron chi connectivity index (χ1n) is 6.18. The van der Waals surface area contributed by atoms with E-state index in [1.54, 1.807) is 18.2 Å². The van der Waals surface area contributed by atoms with Crippen LogP contribution in [-0.2, 0) is 0 Å². The van der Waals surface area contributed by atoms with Gasteiger partial charge in [-0.3, -0.25) is 4.79 Å². The molecule has 1 aromatic carbocycles. The Labute approximate surface area is 102 Å². The summed E-state index contributed by atoms with van der Waals surface area (Å²) in [6.07, 6.45) is 2.22.